The summed E-state index contributed by atoms with van der Waals surface area (Å²) in [7, 11) is 0. The lowest BCUT2D eigenvalue weighted by Crippen LogP contribution is -2.40. The minimum atomic E-state index is -0.0571. The van der Waals surface area contributed by atoms with Crippen LogP contribution in [0.15, 0.2) is 33.7 Å². The van der Waals surface area contributed by atoms with Gasteiger partial charge in [-0.15, -0.1) is 24.0 Å². The zero-order chi connectivity index (χ0) is 16.5. The summed E-state index contributed by atoms with van der Waals surface area (Å²) in [6.45, 7) is 0.397. The summed E-state index contributed by atoms with van der Waals surface area (Å²) in [5, 5.41) is 6.12. The van der Waals surface area contributed by atoms with E-state index in [1.54, 1.807) is 0 Å². The third-order valence-electron chi connectivity index (χ3n) is 3.96. The molecule has 24 heavy (non-hydrogen) atoms. The van der Waals surface area contributed by atoms with Gasteiger partial charge in [0.1, 0.15) is 0 Å². The van der Waals surface area contributed by atoms with E-state index in [1.807, 2.05) is 24.3 Å². The Hall–Kier alpha value is -0.830. The monoisotopic (exact) mass is 508 g/mol. The second kappa shape index (κ2) is 11.7. The van der Waals surface area contributed by atoms with Crippen molar-refractivity contribution in [2.45, 2.75) is 51.0 Å². The maximum atomic E-state index is 11.9. The molecule has 0 atom stereocenters. The number of hydrogen-bond donors (Lipinski definition) is 3. The predicted molar refractivity (Wildman–Crippen MR) is 114 cm³/mol. The normalized spacial score (nSPS) is 16.0. The van der Waals surface area contributed by atoms with E-state index >= 15 is 0 Å². The molecule has 1 fully saturated rings. The van der Waals surface area contributed by atoms with Crippen molar-refractivity contribution >= 4 is 57.5 Å². The Morgan fingerprint density at radius 2 is 1.79 bits per heavy atom. The van der Waals surface area contributed by atoms with Crippen molar-refractivity contribution in [3.8, 4) is 0 Å². The molecule has 1 amide bonds. The first-order valence-corrected chi connectivity index (χ1v) is 9.04. The second-order valence-electron chi connectivity index (χ2n) is 5.90. The molecule has 7 heteroatoms. The van der Waals surface area contributed by atoms with Gasteiger partial charge in [0.05, 0.1) is 6.54 Å². The van der Waals surface area contributed by atoms with Crippen molar-refractivity contribution in [3.63, 3.8) is 0 Å². The highest BCUT2D eigenvalue weighted by Crippen LogP contribution is 2.17. The van der Waals surface area contributed by atoms with Crippen LogP contribution in [0.5, 0.6) is 0 Å². The fourth-order valence-corrected chi connectivity index (χ4v) is 2.98. The molecule has 1 saturated carbocycles. The highest BCUT2D eigenvalue weighted by Gasteiger charge is 2.12. The Kier molecular flexibility index (Phi) is 10.3. The van der Waals surface area contributed by atoms with Gasteiger partial charge in [-0.1, -0.05) is 41.6 Å². The van der Waals surface area contributed by atoms with Crippen LogP contribution < -0.4 is 16.4 Å². The van der Waals surface area contributed by atoms with E-state index in [0.717, 1.165) is 23.0 Å². The first-order chi connectivity index (χ1) is 11.1. The van der Waals surface area contributed by atoms with Crippen LogP contribution in [0.1, 0.15) is 44.9 Å². The first kappa shape index (κ1) is 21.2. The molecular weight excluding hydrogens is 483 g/mol. The van der Waals surface area contributed by atoms with Gasteiger partial charge in [0.2, 0.25) is 5.91 Å². The van der Waals surface area contributed by atoms with Crippen molar-refractivity contribution in [3.05, 3.63) is 28.7 Å². The Morgan fingerprint density at radius 1 is 1.17 bits per heavy atom. The number of hydrogen-bond acceptors (Lipinski definition) is 2. The van der Waals surface area contributed by atoms with Crippen LogP contribution in [0.2, 0.25) is 0 Å². The van der Waals surface area contributed by atoms with E-state index in [1.165, 1.54) is 25.7 Å². The average Bonchev–Trinajstić information content (AvgIpc) is 2.78. The highest BCUT2D eigenvalue weighted by molar-refractivity contribution is 14.0. The number of carbonyl (C=O) groups excluding carboxylic acids is 1. The molecule has 1 aromatic rings. The molecule has 1 aromatic carbocycles. The third kappa shape index (κ3) is 8.32. The average molecular weight is 509 g/mol. The van der Waals surface area contributed by atoms with E-state index < -0.39 is 0 Å². The van der Waals surface area contributed by atoms with Gasteiger partial charge >= 0.3 is 0 Å². The molecule has 1 aliphatic rings. The van der Waals surface area contributed by atoms with Gasteiger partial charge in [-0.3, -0.25) is 9.79 Å². The maximum absolute atomic E-state index is 11.9. The number of nitrogens with zero attached hydrogens (tertiary/aromatic N) is 1. The number of guanidine groups is 1. The van der Waals surface area contributed by atoms with Gasteiger partial charge in [0, 0.05) is 22.6 Å². The molecule has 0 unspecified atom stereocenters. The van der Waals surface area contributed by atoms with Crippen molar-refractivity contribution in [1.29, 1.82) is 0 Å². The number of aliphatic imine (C=N–C) groups is 1. The number of anilines is 1. The first-order valence-electron chi connectivity index (χ1n) is 8.25. The Labute approximate surface area is 169 Å². The standard InChI is InChI=1S/C17H25BrN4O.HI/c18-13-7-9-15(10-8-13)21-16(23)11-12-20-17(19)22-14-5-3-1-2-4-6-14;/h7-10,14H,1-6,11-12H2,(H,21,23)(H3,19,20,22);1H. The number of nitrogens with two attached hydrogens (primary N) is 1. The summed E-state index contributed by atoms with van der Waals surface area (Å²) in [5.41, 5.74) is 6.70. The summed E-state index contributed by atoms with van der Waals surface area (Å²) in [6.07, 6.45) is 7.75. The fraction of sp³-hybridized carbons (Fsp3) is 0.529. The number of rotatable bonds is 5. The molecular formula is C17H26BrIN4O. The number of benzene rings is 1. The molecule has 0 heterocycles. The van der Waals surface area contributed by atoms with Gasteiger partial charge in [-0.05, 0) is 37.1 Å². The summed E-state index contributed by atoms with van der Waals surface area (Å²) in [4.78, 5) is 16.1. The fourth-order valence-electron chi connectivity index (χ4n) is 2.71. The summed E-state index contributed by atoms with van der Waals surface area (Å²) < 4.78 is 0.984. The molecule has 5 nitrogen and oxygen atoms in total. The Bertz CT molecular complexity index is 528. The van der Waals surface area contributed by atoms with E-state index in [2.05, 4.69) is 31.6 Å². The number of amides is 1. The highest BCUT2D eigenvalue weighted by atomic mass is 127. The van der Waals surface area contributed by atoms with Crippen LogP contribution in [0.4, 0.5) is 5.69 Å². The minimum Gasteiger partial charge on any atom is -0.370 e. The zero-order valence-electron chi connectivity index (χ0n) is 13.8. The molecule has 0 bridgehead atoms. The van der Waals surface area contributed by atoms with Gasteiger partial charge in [0.15, 0.2) is 5.96 Å². The smallest absolute Gasteiger partial charge is 0.226 e. The van der Waals surface area contributed by atoms with E-state index in [-0.39, 0.29) is 29.9 Å². The van der Waals surface area contributed by atoms with Crippen LogP contribution in [0.3, 0.4) is 0 Å². The Balaban J connectivity index is 0.00000288. The molecule has 4 N–H and O–H groups in total. The van der Waals surface area contributed by atoms with Crippen molar-refractivity contribution in [2.24, 2.45) is 10.7 Å². The van der Waals surface area contributed by atoms with Gasteiger partial charge in [-0.25, -0.2) is 0 Å². The SMILES string of the molecule is I.NC(=NCCC(=O)Nc1ccc(Br)cc1)NC1CCCCCC1. The molecule has 0 saturated heterocycles. The second-order valence-corrected chi connectivity index (χ2v) is 6.82. The van der Waals surface area contributed by atoms with E-state index in [4.69, 9.17) is 5.73 Å². The molecule has 1 aliphatic carbocycles. The van der Waals surface area contributed by atoms with Crippen LogP contribution >= 0.6 is 39.9 Å². The summed E-state index contributed by atoms with van der Waals surface area (Å²) in [5.74, 6) is 0.395. The molecule has 134 valence electrons. The number of carbonyl (C=O) groups is 1. The maximum Gasteiger partial charge on any atom is 0.226 e. The predicted octanol–water partition coefficient (Wildman–Crippen LogP) is 4.02. The van der Waals surface area contributed by atoms with Crippen molar-refractivity contribution in [1.82, 2.24) is 5.32 Å². The molecule has 0 aliphatic heterocycles. The van der Waals surface area contributed by atoms with E-state index in [9.17, 15) is 4.79 Å². The molecule has 0 spiro atoms. The molecule has 2 rings (SSSR count). The van der Waals surface area contributed by atoms with Gasteiger partial charge in [-0.2, -0.15) is 0 Å². The Morgan fingerprint density at radius 3 is 2.42 bits per heavy atom. The largest absolute Gasteiger partial charge is 0.370 e. The van der Waals surface area contributed by atoms with Crippen LogP contribution in [-0.2, 0) is 4.79 Å². The molecule has 0 aromatic heterocycles. The molecule has 0 radical (unpaired) electrons. The van der Waals surface area contributed by atoms with Crippen LogP contribution in [0.25, 0.3) is 0 Å². The lowest BCUT2D eigenvalue weighted by Gasteiger charge is -2.16. The summed E-state index contributed by atoms with van der Waals surface area (Å²) >= 11 is 3.36. The van der Waals surface area contributed by atoms with E-state index in [0.29, 0.717) is 25.0 Å². The zero-order valence-corrected chi connectivity index (χ0v) is 17.7. The van der Waals surface area contributed by atoms with Gasteiger partial charge in [0.25, 0.3) is 0 Å². The summed E-state index contributed by atoms with van der Waals surface area (Å²) in [6, 6.07) is 7.92. The van der Waals surface area contributed by atoms with Gasteiger partial charge < -0.3 is 16.4 Å². The van der Waals surface area contributed by atoms with Crippen molar-refractivity contribution < 1.29 is 4.79 Å². The minimum absolute atomic E-state index is 0. The topological polar surface area (TPSA) is 79.5 Å². The van der Waals surface area contributed by atoms with Crippen molar-refractivity contribution in [2.75, 3.05) is 11.9 Å². The van der Waals surface area contributed by atoms with Crippen LogP contribution in [0, 0.1) is 0 Å². The number of halogens is 2. The number of nitrogens with one attached hydrogen (secondary N) is 2. The lowest BCUT2D eigenvalue weighted by atomic mass is 10.1. The lowest BCUT2D eigenvalue weighted by molar-refractivity contribution is -0.116. The quantitative estimate of drug-likeness (QED) is 0.243. The van der Waals surface area contributed by atoms with Crippen LogP contribution in [-0.4, -0.2) is 24.5 Å². The third-order valence-corrected chi connectivity index (χ3v) is 4.48.